The van der Waals surface area contributed by atoms with Crippen molar-refractivity contribution in [3.05, 3.63) is 0 Å². The number of terminal acetylenes is 1. The van der Waals surface area contributed by atoms with Gasteiger partial charge in [0, 0.05) is 13.0 Å². The Labute approximate surface area is 135 Å². The van der Waals surface area contributed by atoms with Crippen LogP contribution in [0.1, 0.15) is 85.0 Å². The summed E-state index contributed by atoms with van der Waals surface area (Å²) in [6, 6.07) is 0. The zero-order valence-corrected chi connectivity index (χ0v) is 16.3. The summed E-state index contributed by atoms with van der Waals surface area (Å²) in [4.78, 5) is 0. The molecule has 0 spiro atoms. The van der Waals surface area contributed by atoms with Gasteiger partial charge in [0.25, 0.3) is 0 Å². The fourth-order valence-corrected chi connectivity index (χ4v) is 3.20. The molecule has 0 aliphatic carbocycles. The van der Waals surface area contributed by atoms with E-state index in [1.165, 1.54) is 57.8 Å². The molecule has 0 saturated carbocycles. The van der Waals surface area contributed by atoms with Crippen LogP contribution in [0.5, 0.6) is 0 Å². The summed E-state index contributed by atoms with van der Waals surface area (Å²) in [6.07, 6.45) is 18.1. The Morgan fingerprint density at radius 2 is 1.24 bits per heavy atom. The van der Waals surface area contributed by atoms with Gasteiger partial charge >= 0.3 is 0 Å². The van der Waals surface area contributed by atoms with E-state index in [0.29, 0.717) is 5.04 Å². The third kappa shape index (κ3) is 11.0. The van der Waals surface area contributed by atoms with E-state index in [1.807, 2.05) is 0 Å². The minimum absolute atomic E-state index is 0.340. The molecule has 0 aromatic carbocycles. The molecule has 0 radical (unpaired) electrons. The predicted octanol–water partition coefficient (Wildman–Crippen LogP) is 6.54. The smallest absolute Gasteiger partial charge is 0.191 e. The van der Waals surface area contributed by atoms with Gasteiger partial charge in [-0.05, 0) is 31.0 Å². The Hall–Kier alpha value is -0.263. The van der Waals surface area contributed by atoms with Gasteiger partial charge in [-0.3, -0.25) is 0 Å². The normalized spacial score (nSPS) is 12.4. The van der Waals surface area contributed by atoms with Gasteiger partial charge in [0.05, 0.1) is 0 Å². The molecule has 0 bridgehead atoms. The highest BCUT2D eigenvalue weighted by Crippen LogP contribution is 2.36. The van der Waals surface area contributed by atoms with Crippen LogP contribution in [0.15, 0.2) is 0 Å². The number of unbranched alkanes of at least 4 members (excludes halogenated alkanes) is 9. The van der Waals surface area contributed by atoms with Crippen molar-refractivity contribution in [3.63, 3.8) is 0 Å². The molecule has 0 aromatic heterocycles. The average Bonchev–Trinajstić information content (AvgIpc) is 2.38. The highest BCUT2D eigenvalue weighted by atomic mass is 28.4. The summed E-state index contributed by atoms with van der Waals surface area (Å²) < 4.78 is 6.20. The van der Waals surface area contributed by atoms with Gasteiger partial charge in [0.1, 0.15) is 0 Å². The van der Waals surface area contributed by atoms with E-state index >= 15 is 0 Å². The minimum atomic E-state index is -1.52. The molecule has 2 heteroatoms. The van der Waals surface area contributed by atoms with Gasteiger partial charge in [-0.25, -0.2) is 0 Å². The highest BCUT2D eigenvalue weighted by molar-refractivity contribution is 6.74. The van der Waals surface area contributed by atoms with Gasteiger partial charge in [0.15, 0.2) is 8.32 Å². The second-order valence-electron chi connectivity index (χ2n) is 7.74. The molecule has 0 aromatic rings. The Kier molecular flexibility index (Phi) is 11.2. The first-order valence-electron chi connectivity index (χ1n) is 8.89. The van der Waals surface area contributed by atoms with Crippen molar-refractivity contribution in [2.45, 2.75) is 103 Å². The first-order chi connectivity index (χ1) is 9.81. The van der Waals surface area contributed by atoms with Gasteiger partial charge in [-0.2, -0.15) is 0 Å². The van der Waals surface area contributed by atoms with Gasteiger partial charge in [0.2, 0.25) is 0 Å². The van der Waals surface area contributed by atoms with Crippen molar-refractivity contribution in [2.75, 3.05) is 6.61 Å². The van der Waals surface area contributed by atoms with Crippen molar-refractivity contribution in [2.24, 2.45) is 0 Å². The van der Waals surface area contributed by atoms with Crippen LogP contribution in [0, 0.1) is 12.3 Å². The Bertz CT molecular complexity index is 283. The van der Waals surface area contributed by atoms with Crippen molar-refractivity contribution in [1.82, 2.24) is 0 Å². The van der Waals surface area contributed by atoms with E-state index in [2.05, 4.69) is 39.8 Å². The van der Waals surface area contributed by atoms with Gasteiger partial charge in [-0.1, -0.05) is 65.7 Å². The molecule has 0 aliphatic rings. The fraction of sp³-hybridized carbons (Fsp3) is 0.895. The molecular formula is C19H38OSi. The summed E-state index contributed by atoms with van der Waals surface area (Å²) in [7, 11) is -1.52. The number of rotatable bonds is 12. The third-order valence-corrected chi connectivity index (χ3v) is 9.27. The SMILES string of the molecule is C#CCCCCCCCCCCCO[Si](C)(C)C(C)(C)C. The molecule has 0 amide bonds. The summed E-state index contributed by atoms with van der Waals surface area (Å²) in [6.45, 7) is 12.6. The van der Waals surface area contributed by atoms with Crippen LogP contribution < -0.4 is 0 Å². The van der Waals surface area contributed by atoms with Crippen LogP contribution in [0.25, 0.3) is 0 Å². The standard InChI is InChI=1S/C19H38OSi/c1-7-8-9-10-11-12-13-14-15-16-17-18-20-21(5,6)19(2,3)4/h1H,8-18H2,2-6H3. The molecule has 0 N–H and O–H groups in total. The van der Waals surface area contributed by atoms with E-state index in [1.54, 1.807) is 0 Å². The number of hydrogen-bond acceptors (Lipinski definition) is 1. The maximum atomic E-state index is 6.20. The lowest BCUT2D eigenvalue weighted by atomic mass is 10.1. The molecule has 0 heterocycles. The molecule has 0 fully saturated rings. The molecular weight excluding hydrogens is 272 g/mol. The van der Waals surface area contributed by atoms with Crippen molar-refractivity contribution < 1.29 is 4.43 Å². The molecule has 124 valence electrons. The number of hydrogen-bond donors (Lipinski definition) is 0. The van der Waals surface area contributed by atoms with Crippen LogP contribution in [0.3, 0.4) is 0 Å². The first-order valence-corrected chi connectivity index (χ1v) is 11.8. The molecule has 21 heavy (non-hydrogen) atoms. The molecule has 1 nitrogen and oxygen atoms in total. The Morgan fingerprint density at radius 3 is 1.67 bits per heavy atom. The molecule has 0 aliphatic heterocycles. The summed E-state index contributed by atoms with van der Waals surface area (Å²) in [5.74, 6) is 2.71. The van der Waals surface area contributed by atoms with Crippen LogP contribution in [-0.4, -0.2) is 14.9 Å². The van der Waals surface area contributed by atoms with Crippen LogP contribution >= 0.6 is 0 Å². The maximum Gasteiger partial charge on any atom is 0.191 e. The summed E-state index contributed by atoms with van der Waals surface area (Å²) >= 11 is 0. The lowest BCUT2D eigenvalue weighted by molar-refractivity contribution is 0.277. The van der Waals surface area contributed by atoms with Crippen molar-refractivity contribution in [1.29, 1.82) is 0 Å². The average molecular weight is 311 g/mol. The third-order valence-electron chi connectivity index (χ3n) is 4.73. The zero-order valence-electron chi connectivity index (χ0n) is 15.3. The molecule has 0 atom stereocenters. The second-order valence-corrected chi connectivity index (χ2v) is 12.6. The molecule has 0 rings (SSSR count). The quantitative estimate of drug-likeness (QED) is 0.226. The Morgan fingerprint density at radius 1 is 0.810 bits per heavy atom. The zero-order chi connectivity index (χ0) is 16.2. The maximum absolute atomic E-state index is 6.20. The molecule has 0 saturated heterocycles. The van der Waals surface area contributed by atoms with E-state index < -0.39 is 8.32 Å². The van der Waals surface area contributed by atoms with E-state index in [0.717, 1.165) is 13.0 Å². The van der Waals surface area contributed by atoms with Crippen molar-refractivity contribution in [3.8, 4) is 12.3 Å². The van der Waals surface area contributed by atoms with Crippen LogP contribution in [0.2, 0.25) is 18.1 Å². The topological polar surface area (TPSA) is 9.23 Å². The van der Waals surface area contributed by atoms with E-state index in [9.17, 15) is 0 Å². The monoisotopic (exact) mass is 310 g/mol. The van der Waals surface area contributed by atoms with Crippen molar-refractivity contribution >= 4 is 8.32 Å². The fourth-order valence-electron chi connectivity index (χ4n) is 2.11. The van der Waals surface area contributed by atoms with Crippen LogP contribution in [0.4, 0.5) is 0 Å². The largest absolute Gasteiger partial charge is 0.417 e. The van der Waals surface area contributed by atoms with E-state index in [4.69, 9.17) is 10.8 Å². The van der Waals surface area contributed by atoms with Gasteiger partial charge in [-0.15, -0.1) is 12.3 Å². The highest BCUT2D eigenvalue weighted by Gasteiger charge is 2.36. The summed E-state index contributed by atoms with van der Waals surface area (Å²) in [5.41, 5.74) is 0. The first kappa shape index (κ1) is 20.7. The molecule has 0 unspecified atom stereocenters. The minimum Gasteiger partial charge on any atom is -0.417 e. The van der Waals surface area contributed by atoms with E-state index in [-0.39, 0.29) is 0 Å². The second kappa shape index (κ2) is 11.3. The van der Waals surface area contributed by atoms with Gasteiger partial charge < -0.3 is 4.43 Å². The lowest BCUT2D eigenvalue weighted by Crippen LogP contribution is -2.40. The summed E-state index contributed by atoms with van der Waals surface area (Å²) in [5, 5.41) is 0.340. The Balaban J connectivity index is 3.32. The lowest BCUT2D eigenvalue weighted by Gasteiger charge is -2.36. The van der Waals surface area contributed by atoms with Crippen LogP contribution in [-0.2, 0) is 4.43 Å². The predicted molar refractivity (Wildman–Crippen MR) is 98.2 cm³/mol.